The molecule has 0 aromatic heterocycles. The Balaban J connectivity index is 1.82. The lowest BCUT2D eigenvalue weighted by molar-refractivity contribution is 0.0972. The molecule has 1 amide bonds. The number of carbonyl (C=O) groups is 1. The number of nitrogens with one attached hydrogen (secondary N) is 1. The molecule has 3 aromatic rings. The summed E-state index contributed by atoms with van der Waals surface area (Å²) >= 11 is 0. The van der Waals surface area contributed by atoms with Crippen molar-refractivity contribution in [3.63, 3.8) is 0 Å². The number of halogens is 1. The maximum atomic E-state index is 13.8. The number of hydrogen-bond acceptors (Lipinski definition) is 2. The van der Waals surface area contributed by atoms with Gasteiger partial charge in [-0.05, 0) is 35.9 Å². The van der Waals surface area contributed by atoms with Gasteiger partial charge in [0.1, 0.15) is 12.0 Å². The summed E-state index contributed by atoms with van der Waals surface area (Å²) in [5.41, 5.74) is 3.05. The summed E-state index contributed by atoms with van der Waals surface area (Å²) in [7, 11) is 0. The maximum absolute atomic E-state index is 13.8. The first kappa shape index (κ1) is 16.3. The second kappa shape index (κ2) is 6.64. The molecule has 0 radical (unpaired) electrons. The molecule has 26 heavy (non-hydrogen) atoms. The minimum Gasteiger partial charge on any atom is -0.364 e. The van der Waals surface area contributed by atoms with E-state index in [9.17, 15) is 9.18 Å². The molecule has 2 unspecified atom stereocenters. The third-order valence-corrected chi connectivity index (χ3v) is 4.84. The Labute approximate surface area is 152 Å². The number of amides is 1. The molecule has 0 aliphatic carbocycles. The summed E-state index contributed by atoms with van der Waals surface area (Å²) in [5.74, 6) is -0.477. The lowest BCUT2D eigenvalue weighted by Gasteiger charge is -2.41. The van der Waals surface area contributed by atoms with Crippen LogP contribution in [0.1, 0.15) is 28.8 Å². The Morgan fingerprint density at radius 3 is 2.46 bits per heavy atom. The van der Waals surface area contributed by atoms with Gasteiger partial charge in [-0.2, -0.15) is 0 Å². The summed E-state index contributed by atoms with van der Waals surface area (Å²) < 4.78 is 13.8. The number of para-hydroxylation sites is 1. The summed E-state index contributed by atoms with van der Waals surface area (Å²) in [5, 5.41) is 3.48. The Morgan fingerprint density at radius 2 is 1.69 bits per heavy atom. The van der Waals surface area contributed by atoms with Gasteiger partial charge in [0.05, 0.1) is 5.56 Å². The molecule has 4 heteroatoms. The number of nitrogens with zero attached hydrogens (tertiary/aromatic N) is 1. The van der Waals surface area contributed by atoms with Crippen LogP contribution in [0.25, 0.3) is 0 Å². The van der Waals surface area contributed by atoms with Crippen molar-refractivity contribution in [2.75, 3.05) is 10.2 Å². The van der Waals surface area contributed by atoms with Crippen molar-refractivity contribution in [3.05, 3.63) is 95.8 Å². The number of benzene rings is 3. The van der Waals surface area contributed by atoms with E-state index in [1.165, 1.54) is 12.1 Å². The monoisotopic (exact) mass is 346 g/mol. The van der Waals surface area contributed by atoms with Crippen LogP contribution in [-0.4, -0.2) is 12.1 Å². The highest BCUT2D eigenvalue weighted by atomic mass is 19.1. The zero-order valence-electron chi connectivity index (χ0n) is 14.4. The molecule has 3 aromatic carbocycles. The summed E-state index contributed by atoms with van der Waals surface area (Å²) in [6.07, 6.45) is -0.318. The van der Waals surface area contributed by atoms with Crippen LogP contribution in [0.2, 0.25) is 0 Å². The largest absolute Gasteiger partial charge is 0.364 e. The molecule has 0 saturated heterocycles. The first-order chi connectivity index (χ1) is 12.6. The fourth-order valence-corrected chi connectivity index (χ4v) is 3.47. The number of hydrogen-bond donors (Lipinski definition) is 1. The Morgan fingerprint density at radius 1 is 0.962 bits per heavy atom. The number of fused-ring (bicyclic) bond motifs is 1. The van der Waals surface area contributed by atoms with Crippen molar-refractivity contribution in [1.29, 1.82) is 0 Å². The average Bonchev–Trinajstić information content (AvgIpc) is 2.68. The normalized spacial score (nSPS) is 17.4. The van der Waals surface area contributed by atoms with Crippen LogP contribution in [0, 0.1) is 5.82 Å². The van der Waals surface area contributed by atoms with E-state index in [2.05, 4.69) is 12.2 Å². The zero-order chi connectivity index (χ0) is 18.1. The molecule has 1 N–H and O–H groups in total. The molecule has 0 bridgehead atoms. The molecule has 1 aliphatic heterocycles. The minimum atomic E-state index is -0.361. The van der Waals surface area contributed by atoms with Gasteiger partial charge < -0.3 is 5.32 Å². The van der Waals surface area contributed by atoms with Gasteiger partial charge in [0.15, 0.2) is 0 Å². The van der Waals surface area contributed by atoms with E-state index in [1.807, 2.05) is 48.5 Å². The van der Waals surface area contributed by atoms with Crippen LogP contribution in [-0.2, 0) is 0 Å². The van der Waals surface area contributed by atoms with E-state index in [4.69, 9.17) is 0 Å². The van der Waals surface area contributed by atoms with E-state index >= 15 is 0 Å². The lowest BCUT2D eigenvalue weighted by atomic mass is 9.93. The van der Waals surface area contributed by atoms with Crippen molar-refractivity contribution in [3.8, 4) is 0 Å². The molecular weight excluding hydrogens is 327 g/mol. The fourth-order valence-electron chi connectivity index (χ4n) is 3.47. The molecule has 0 saturated carbocycles. The Bertz CT molecular complexity index is 942. The molecule has 0 fully saturated rings. The van der Waals surface area contributed by atoms with Gasteiger partial charge in [0.2, 0.25) is 0 Å². The van der Waals surface area contributed by atoms with Crippen LogP contribution in [0.5, 0.6) is 0 Å². The second-order valence-corrected chi connectivity index (χ2v) is 6.49. The molecule has 4 rings (SSSR count). The van der Waals surface area contributed by atoms with E-state index < -0.39 is 0 Å². The summed E-state index contributed by atoms with van der Waals surface area (Å²) in [6.45, 7) is 2.07. The smallest absolute Gasteiger partial charge is 0.262 e. The van der Waals surface area contributed by atoms with Gasteiger partial charge in [-0.1, -0.05) is 55.5 Å². The van der Waals surface area contributed by atoms with Gasteiger partial charge >= 0.3 is 0 Å². The first-order valence-corrected chi connectivity index (χ1v) is 8.65. The average molecular weight is 346 g/mol. The van der Waals surface area contributed by atoms with Crippen molar-refractivity contribution < 1.29 is 9.18 Å². The third kappa shape index (κ3) is 2.84. The highest BCUT2D eigenvalue weighted by Gasteiger charge is 2.36. The Hall–Kier alpha value is -3.14. The summed E-state index contributed by atoms with van der Waals surface area (Å²) in [6, 6.07) is 23.6. The van der Waals surface area contributed by atoms with Crippen LogP contribution in [0.4, 0.5) is 15.8 Å². The number of anilines is 2. The van der Waals surface area contributed by atoms with Crippen LogP contribution >= 0.6 is 0 Å². The quantitative estimate of drug-likeness (QED) is 0.721. The van der Waals surface area contributed by atoms with Crippen LogP contribution in [0.15, 0.2) is 78.9 Å². The minimum absolute atomic E-state index is 0.0109. The molecule has 1 heterocycles. The van der Waals surface area contributed by atoms with E-state index in [0.717, 1.165) is 11.3 Å². The van der Waals surface area contributed by atoms with E-state index in [0.29, 0.717) is 11.3 Å². The molecule has 3 nitrogen and oxygen atoms in total. The fraction of sp³-hybridized carbons (Fsp3) is 0.136. The van der Waals surface area contributed by atoms with Crippen LogP contribution < -0.4 is 10.2 Å². The van der Waals surface area contributed by atoms with Gasteiger partial charge in [-0.25, -0.2) is 4.39 Å². The topological polar surface area (TPSA) is 32.3 Å². The summed E-state index contributed by atoms with van der Waals surface area (Å²) in [4.78, 5) is 14.9. The SMILES string of the molecule is CC(c1ccccc1)C1Nc2ccccc2C(=O)N1c1cccc(F)c1. The van der Waals surface area contributed by atoms with Crippen molar-refractivity contribution in [2.45, 2.75) is 19.0 Å². The standard InChI is InChI=1S/C22H19FN2O/c1-15(16-8-3-2-4-9-16)21-24-20-13-6-5-12-19(20)22(26)25(21)18-11-7-10-17(23)14-18/h2-15,21,24H,1H3. The molecule has 0 spiro atoms. The predicted octanol–water partition coefficient (Wildman–Crippen LogP) is 5.03. The van der Waals surface area contributed by atoms with Gasteiger partial charge in [-0.3, -0.25) is 9.69 Å². The number of carbonyl (C=O) groups excluding carboxylic acids is 1. The van der Waals surface area contributed by atoms with Crippen molar-refractivity contribution in [2.24, 2.45) is 0 Å². The van der Waals surface area contributed by atoms with Gasteiger partial charge in [0, 0.05) is 17.3 Å². The van der Waals surface area contributed by atoms with Gasteiger partial charge in [-0.15, -0.1) is 0 Å². The highest BCUT2D eigenvalue weighted by Crippen LogP contribution is 2.35. The van der Waals surface area contributed by atoms with Crippen molar-refractivity contribution in [1.82, 2.24) is 0 Å². The molecule has 1 aliphatic rings. The lowest BCUT2D eigenvalue weighted by Crippen LogP contribution is -2.51. The maximum Gasteiger partial charge on any atom is 0.262 e. The molecule has 2 atom stereocenters. The zero-order valence-corrected chi connectivity index (χ0v) is 14.4. The Kier molecular flexibility index (Phi) is 4.17. The van der Waals surface area contributed by atoms with Crippen molar-refractivity contribution >= 4 is 17.3 Å². The first-order valence-electron chi connectivity index (χ1n) is 8.65. The molecular formula is C22H19FN2O. The van der Waals surface area contributed by atoms with Crippen LogP contribution in [0.3, 0.4) is 0 Å². The number of rotatable bonds is 3. The highest BCUT2D eigenvalue weighted by molar-refractivity contribution is 6.12. The van der Waals surface area contributed by atoms with E-state index in [-0.39, 0.29) is 23.8 Å². The second-order valence-electron chi connectivity index (χ2n) is 6.49. The van der Waals surface area contributed by atoms with E-state index in [1.54, 1.807) is 23.1 Å². The third-order valence-electron chi connectivity index (χ3n) is 4.84. The van der Waals surface area contributed by atoms with Gasteiger partial charge in [0.25, 0.3) is 5.91 Å². The molecule has 130 valence electrons. The predicted molar refractivity (Wildman–Crippen MR) is 102 cm³/mol.